The van der Waals surface area contributed by atoms with Crippen LogP contribution in [-0.4, -0.2) is 24.2 Å². The van der Waals surface area contributed by atoms with Gasteiger partial charge < -0.3 is 20.5 Å². The zero-order chi connectivity index (χ0) is 23.4. The molecule has 3 N–H and O–H groups in total. The lowest BCUT2D eigenvalue weighted by Crippen LogP contribution is -2.28. The summed E-state index contributed by atoms with van der Waals surface area (Å²) < 4.78 is 26.8. The second-order valence-corrected chi connectivity index (χ2v) is 9.97. The Hall–Kier alpha value is -2.96. The van der Waals surface area contributed by atoms with Gasteiger partial charge in [-0.1, -0.05) is 17.7 Å². The van der Waals surface area contributed by atoms with Gasteiger partial charge in [-0.3, -0.25) is 0 Å². The second kappa shape index (κ2) is 8.36. The standard InChI is InChI=1S/C25H20ClFN4O2S/c26-22-20(14-3-5-18(27)24-21(14)15(8-28)25(29)34-24)17-11-32-10-16(17)13-4-6-19(31-23(13)22)33-9-12-2-1-7-30-12/h3-6,12,30H,1-2,7,9-11,29H2/t12-/m0/s1. The molecule has 0 unspecified atom stereocenters. The molecular formula is C25H20ClFN4O2S. The van der Waals surface area contributed by atoms with E-state index in [0.29, 0.717) is 63.5 Å². The van der Waals surface area contributed by atoms with Crippen molar-refractivity contribution in [2.45, 2.75) is 32.1 Å². The van der Waals surface area contributed by atoms with Gasteiger partial charge in [0.25, 0.3) is 0 Å². The number of hydrogen-bond acceptors (Lipinski definition) is 7. The first kappa shape index (κ1) is 21.6. The molecule has 6 nitrogen and oxygen atoms in total. The van der Waals surface area contributed by atoms with Gasteiger partial charge in [0.15, 0.2) is 0 Å². The van der Waals surface area contributed by atoms with Crippen LogP contribution in [0.1, 0.15) is 29.5 Å². The number of nitrogens with one attached hydrogen (secondary N) is 1. The first-order valence-corrected chi connectivity index (χ1v) is 12.2. The highest BCUT2D eigenvalue weighted by molar-refractivity contribution is 7.23. The molecule has 6 rings (SSSR count). The predicted molar refractivity (Wildman–Crippen MR) is 132 cm³/mol. The number of fused-ring (bicyclic) bond motifs is 4. The molecule has 1 saturated heterocycles. The van der Waals surface area contributed by atoms with Crippen LogP contribution in [0.3, 0.4) is 0 Å². The van der Waals surface area contributed by atoms with Gasteiger partial charge in [-0.15, -0.1) is 11.3 Å². The van der Waals surface area contributed by atoms with E-state index in [4.69, 9.17) is 31.8 Å². The molecule has 0 saturated carbocycles. The molecule has 0 spiro atoms. The number of nitrogens with zero attached hydrogens (tertiary/aromatic N) is 2. The van der Waals surface area contributed by atoms with E-state index in [0.717, 1.165) is 47.2 Å². The van der Waals surface area contributed by atoms with E-state index in [1.165, 1.54) is 6.07 Å². The first-order chi connectivity index (χ1) is 16.6. The smallest absolute Gasteiger partial charge is 0.213 e. The molecule has 172 valence electrons. The number of nitrogens with two attached hydrogens (primary N) is 1. The number of thiophene rings is 1. The third-order valence-electron chi connectivity index (χ3n) is 6.58. The second-order valence-electron chi connectivity index (χ2n) is 8.54. The van der Waals surface area contributed by atoms with Crippen molar-refractivity contribution in [1.29, 1.82) is 5.26 Å². The van der Waals surface area contributed by atoms with E-state index in [1.807, 2.05) is 12.1 Å². The van der Waals surface area contributed by atoms with Crippen molar-refractivity contribution in [2.75, 3.05) is 18.9 Å². The monoisotopic (exact) mass is 494 g/mol. The highest BCUT2D eigenvalue weighted by atomic mass is 35.5. The number of halogens is 2. The quantitative estimate of drug-likeness (QED) is 0.388. The fourth-order valence-electron chi connectivity index (χ4n) is 4.95. The first-order valence-electron chi connectivity index (χ1n) is 11.1. The molecule has 2 aromatic carbocycles. The molecule has 0 amide bonds. The molecule has 2 aromatic heterocycles. The van der Waals surface area contributed by atoms with Gasteiger partial charge in [0, 0.05) is 28.4 Å². The Labute approximate surface area is 204 Å². The molecule has 1 atom stereocenters. The summed E-state index contributed by atoms with van der Waals surface area (Å²) in [6, 6.07) is 9.32. The van der Waals surface area contributed by atoms with Gasteiger partial charge in [-0.2, -0.15) is 5.26 Å². The van der Waals surface area contributed by atoms with Crippen molar-refractivity contribution in [3.05, 3.63) is 51.8 Å². The minimum atomic E-state index is -0.420. The van der Waals surface area contributed by atoms with E-state index in [9.17, 15) is 9.65 Å². The van der Waals surface area contributed by atoms with E-state index in [1.54, 1.807) is 6.07 Å². The summed E-state index contributed by atoms with van der Waals surface area (Å²) in [6.45, 7) is 2.33. The van der Waals surface area contributed by atoms with Gasteiger partial charge >= 0.3 is 0 Å². The van der Waals surface area contributed by atoms with Crippen LogP contribution >= 0.6 is 22.9 Å². The largest absolute Gasteiger partial charge is 0.476 e. The van der Waals surface area contributed by atoms with Crippen LogP contribution < -0.4 is 15.8 Å². The maximum atomic E-state index is 14.7. The molecule has 2 aliphatic rings. The van der Waals surface area contributed by atoms with Crippen LogP contribution in [0.5, 0.6) is 5.88 Å². The number of aromatic nitrogens is 1. The normalized spacial score (nSPS) is 17.4. The molecule has 4 heterocycles. The summed E-state index contributed by atoms with van der Waals surface area (Å²) in [4.78, 5) is 4.75. The molecule has 4 aromatic rings. The van der Waals surface area contributed by atoms with Crippen LogP contribution in [0.2, 0.25) is 5.02 Å². The lowest BCUT2D eigenvalue weighted by molar-refractivity contribution is 0.135. The summed E-state index contributed by atoms with van der Waals surface area (Å²) >= 11 is 8.08. The van der Waals surface area contributed by atoms with E-state index in [2.05, 4.69) is 11.4 Å². The topological polar surface area (TPSA) is 93.2 Å². The van der Waals surface area contributed by atoms with E-state index >= 15 is 0 Å². The minimum Gasteiger partial charge on any atom is -0.476 e. The lowest BCUT2D eigenvalue weighted by Gasteiger charge is -2.17. The van der Waals surface area contributed by atoms with E-state index < -0.39 is 5.82 Å². The summed E-state index contributed by atoms with van der Waals surface area (Å²) in [5.41, 5.74) is 10.2. The number of rotatable bonds is 4. The van der Waals surface area contributed by atoms with Gasteiger partial charge in [-0.05, 0) is 48.2 Å². The van der Waals surface area contributed by atoms with Crippen LogP contribution in [0.15, 0.2) is 24.3 Å². The number of pyridine rings is 1. The van der Waals surface area contributed by atoms with Gasteiger partial charge in [0.05, 0.1) is 34.0 Å². The van der Waals surface area contributed by atoms with Crippen molar-refractivity contribution < 1.29 is 13.9 Å². The summed E-state index contributed by atoms with van der Waals surface area (Å²) in [5, 5.41) is 15.2. The average Bonchev–Trinajstić information content (AvgIpc) is 3.59. The predicted octanol–water partition coefficient (Wildman–Crippen LogP) is 5.52. The third-order valence-corrected chi connectivity index (χ3v) is 7.97. The van der Waals surface area contributed by atoms with Crippen LogP contribution in [0.25, 0.3) is 32.1 Å². The Bertz CT molecular complexity index is 1510. The Morgan fingerprint density at radius 1 is 1.29 bits per heavy atom. The number of nitrogen functional groups attached to an aromatic ring is 1. The van der Waals surface area contributed by atoms with Gasteiger partial charge in [0.1, 0.15) is 23.5 Å². The molecular weight excluding hydrogens is 475 g/mol. The van der Waals surface area contributed by atoms with Crippen LogP contribution in [0, 0.1) is 17.1 Å². The highest BCUT2D eigenvalue weighted by Crippen LogP contribution is 2.48. The number of nitriles is 1. The zero-order valence-corrected chi connectivity index (χ0v) is 19.7. The lowest BCUT2D eigenvalue weighted by atomic mass is 9.91. The Balaban J connectivity index is 1.56. The fraction of sp³-hybridized carbons (Fsp3) is 0.280. The van der Waals surface area contributed by atoms with Crippen molar-refractivity contribution in [2.24, 2.45) is 0 Å². The van der Waals surface area contributed by atoms with Crippen molar-refractivity contribution in [3.63, 3.8) is 0 Å². The van der Waals surface area contributed by atoms with Gasteiger partial charge in [0.2, 0.25) is 5.88 Å². The third kappa shape index (κ3) is 3.31. The average molecular weight is 495 g/mol. The maximum absolute atomic E-state index is 14.7. The Morgan fingerprint density at radius 3 is 2.94 bits per heavy atom. The Kier molecular flexibility index (Phi) is 5.30. The van der Waals surface area contributed by atoms with Gasteiger partial charge in [-0.25, -0.2) is 9.37 Å². The Morgan fingerprint density at radius 2 is 2.15 bits per heavy atom. The van der Waals surface area contributed by atoms with Crippen molar-refractivity contribution in [3.8, 4) is 23.1 Å². The SMILES string of the molecule is N#Cc1c(N)sc2c(F)ccc(-c3c4c(c5ccc(OC[C@@H]6CCCN6)nc5c3Cl)COC4)c12. The number of anilines is 1. The number of benzene rings is 2. The highest BCUT2D eigenvalue weighted by Gasteiger charge is 2.28. The summed E-state index contributed by atoms with van der Waals surface area (Å²) in [6.07, 6.45) is 2.22. The van der Waals surface area contributed by atoms with Crippen LogP contribution in [-0.2, 0) is 18.0 Å². The zero-order valence-electron chi connectivity index (χ0n) is 18.1. The summed E-state index contributed by atoms with van der Waals surface area (Å²) in [5.74, 6) is 0.0748. The number of hydrogen-bond donors (Lipinski definition) is 2. The number of ether oxygens (including phenoxy) is 2. The van der Waals surface area contributed by atoms with E-state index in [-0.39, 0.29) is 10.6 Å². The molecule has 0 bridgehead atoms. The van der Waals surface area contributed by atoms with Crippen LogP contribution in [0.4, 0.5) is 9.39 Å². The molecule has 9 heteroatoms. The minimum absolute atomic E-state index is 0.257. The molecule has 0 radical (unpaired) electrons. The molecule has 2 aliphatic heterocycles. The van der Waals surface area contributed by atoms with Crippen molar-refractivity contribution >= 4 is 48.9 Å². The summed E-state index contributed by atoms with van der Waals surface area (Å²) in [7, 11) is 0. The molecule has 0 aliphatic carbocycles. The fourth-order valence-corrected chi connectivity index (χ4v) is 6.26. The maximum Gasteiger partial charge on any atom is 0.213 e. The molecule has 34 heavy (non-hydrogen) atoms. The molecule has 1 fully saturated rings. The van der Waals surface area contributed by atoms with Crippen molar-refractivity contribution in [1.82, 2.24) is 10.3 Å².